The van der Waals surface area contributed by atoms with Crippen LogP contribution < -0.4 is 4.90 Å². The molecular formula is C22H28BrN3O. The van der Waals surface area contributed by atoms with Crippen molar-refractivity contribution in [3.8, 4) is 0 Å². The molecule has 1 aliphatic heterocycles. The van der Waals surface area contributed by atoms with Gasteiger partial charge in [0.15, 0.2) is 5.78 Å². The Labute approximate surface area is 170 Å². The summed E-state index contributed by atoms with van der Waals surface area (Å²) in [5.74, 6) is 1.29. The summed E-state index contributed by atoms with van der Waals surface area (Å²) < 4.78 is 1.04. The van der Waals surface area contributed by atoms with Gasteiger partial charge < -0.3 is 9.80 Å². The van der Waals surface area contributed by atoms with Crippen LogP contribution >= 0.6 is 15.9 Å². The van der Waals surface area contributed by atoms with Crippen LogP contribution in [0.1, 0.15) is 42.5 Å². The van der Waals surface area contributed by atoms with Gasteiger partial charge >= 0.3 is 0 Å². The van der Waals surface area contributed by atoms with E-state index in [1.165, 1.54) is 19.3 Å². The maximum absolute atomic E-state index is 13.0. The predicted octanol–water partition coefficient (Wildman–Crippen LogP) is 4.76. The maximum atomic E-state index is 13.0. The summed E-state index contributed by atoms with van der Waals surface area (Å²) in [6.45, 7) is 3.20. The molecule has 1 aromatic carbocycles. The molecule has 1 aromatic heterocycles. The first-order valence-electron chi connectivity index (χ1n) is 10.0. The number of piperidine rings is 1. The number of halogens is 1. The van der Waals surface area contributed by atoms with Crippen molar-refractivity contribution in [2.75, 3.05) is 38.6 Å². The molecule has 0 spiro atoms. The zero-order valence-electron chi connectivity index (χ0n) is 16.2. The van der Waals surface area contributed by atoms with E-state index < -0.39 is 0 Å². The second-order valence-electron chi connectivity index (χ2n) is 8.34. The Morgan fingerprint density at radius 3 is 2.63 bits per heavy atom. The van der Waals surface area contributed by atoms with E-state index in [4.69, 9.17) is 0 Å². The molecule has 2 fully saturated rings. The fourth-order valence-corrected chi connectivity index (χ4v) is 4.48. The van der Waals surface area contributed by atoms with Crippen molar-refractivity contribution in [2.24, 2.45) is 11.8 Å². The summed E-state index contributed by atoms with van der Waals surface area (Å²) in [6.07, 6.45) is 7.54. The summed E-state index contributed by atoms with van der Waals surface area (Å²) in [7, 11) is 4.29. The SMILES string of the molecule is CN(C)CCC1CCN(c2c(C(=O)C3CC3)cnc3ccc(Br)cc23)CC1. The molecule has 4 rings (SSSR count). The Balaban J connectivity index is 1.64. The Hall–Kier alpha value is -1.46. The molecule has 144 valence electrons. The molecule has 0 atom stereocenters. The third kappa shape index (κ3) is 4.19. The number of rotatable bonds is 6. The summed E-state index contributed by atoms with van der Waals surface area (Å²) in [6, 6.07) is 6.19. The minimum absolute atomic E-state index is 0.216. The van der Waals surface area contributed by atoms with Gasteiger partial charge in [0.25, 0.3) is 0 Å². The summed E-state index contributed by atoms with van der Waals surface area (Å²) in [5, 5.41) is 1.10. The molecule has 1 saturated heterocycles. The van der Waals surface area contributed by atoms with Crippen molar-refractivity contribution in [1.29, 1.82) is 0 Å². The van der Waals surface area contributed by atoms with Crippen molar-refractivity contribution in [2.45, 2.75) is 32.1 Å². The van der Waals surface area contributed by atoms with E-state index in [9.17, 15) is 4.79 Å². The van der Waals surface area contributed by atoms with Gasteiger partial charge in [0.1, 0.15) is 0 Å². The van der Waals surface area contributed by atoms with Crippen molar-refractivity contribution in [3.05, 3.63) is 34.4 Å². The molecule has 2 aliphatic rings. The predicted molar refractivity (Wildman–Crippen MR) is 115 cm³/mol. The van der Waals surface area contributed by atoms with E-state index >= 15 is 0 Å². The molecule has 1 saturated carbocycles. The van der Waals surface area contributed by atoms with Crippen LogP contribution in [0.25, 0.3) is 10.9 Å². The first kappa shape index (κ1) is 18.9. The van der Waals surface area contributed by atoms with Crippen LogP contribution in [0.5, 0.6) is 0 Å². The first-order chi connectivity index (χ1) is 13.0. The van der Waals surface area contributed by atoms with Gasteiger partial charge in [-0.15, -0.1) is 0 Å². The Morgan fingerprint density at radius 2 is 1.96 bits per heavy atom. The van der Waals surface area contributed by atoms with Crippen LogP contribution in [0.4, 0.5) is 5.69 Å². The molecule has 0 bridgehead atoms. The van der Waals surface area contributed by atoms with Crippen LogP contribution in [-0.4, -0.2) is 49.4 Å². The molecular weight excluding hydrogens is 402 g/mol. The smallest absolute Gasteiger partial charge is 0.169 e. The van der Waals surface area contributed by atoms with Crippen LogP contribution in [-0.2, 0) is 0 Å². The lowest BCUT2D eigenvalue weighted by Crippen LogP contribution is -2.35. The van der Waals surface area contributed by atoms with Gasteiger partial charge in [0.2, 0.25) is 0 Å². The number of benzene rings is 1. The molecule has 2 heterocycles. The van der Waals surface area contributed by atoms with E-state index in [1.807, 2.05) is 18.3 Å². The number of hydrogen-bond acceptors (Lipinski definition) is 4. The van der Waals surface area contributed by atoms with Crippen molar-refractivity contribution in [1.82, 2.24) is 9.88 Å². The molecule has 1 aliphatic carbocycles. The van der Waals surface area contributed by atoms with Crippen LogP contribution in [0.3, 0.4) is 0 Å². The van der Waals surface area contributed by atoms with Crippen LogP contribution in [0, 0.1) is 11.8 Å². The first-order valence-corrected chi connectivity index (χ1v) is 10.8. The topological polar surface area (TPSA) is 36.4 Å². The number of hydrogen-bond donors (Lipinski definition) is 0. The highest BCUT2D eigenvalue weighted by molar-refractivity contribution is 9.10. The van der Waals surface area contributed by atoms with Gasteiger partial charge in [-0.25, -0.2) is 0 Å². The molecule has 4 nitrogen and oxygen atoms in total. The number of carbonyl (C=O) groups excluding carboxylic acids is 1. The highest BCUT2D eigenvalue weighted by Gasteiger charge is 2.34. The van der Waals surface area contributed by atoms with Gasteiger partial charge in [-0.3, -0.25) is 9.78 Å². The second-order valence-corrected chi connectivity index (χ2v) is 9.26. The van der Waals surface area contributed by atoms with Gasteiger partial charge in [0.05, 0.1) is 16.8 Å². The quantitative estimate of drug-likeness (QED) is 0.620. The molecule has 2 aromatic rings. The molecule has 0 amide bonds. The zero-order chi connectivity index (χ0) is 19.0. The number of aromatic nitrogens is 1. The van der Waals surface area contributed by atoms with E-state index in [-0.39, 0.29) is 11.7 Å². The van der Waals surface area contributed by atoms with Gasteiger partial charge in [-0.05, 0) is 76.9 Å². The Bertz CT molecular complexity index is 839. The fraction of sp³-hybridized carbons (Fsp3) is 0.545. The number of pyridine rings is 1. The van der Waals surface area contributed by atoms with E-state index in [0.717, 1.165) is 65.0 Å². The average Bonchev–Trinajstić information content (AvgIpc) is 3.50. The molecule has 27 heavy (non-hydrogen) atoms. The second kappa shape index (κ2) is 7.88. The average molecular weight is 430 g/mol. The summed E-state index contributed by atoms with van der Waals surface area (Å²) >= 11 is 3.60. The molecule has 0 N–H and O–H groups in total. The van der Waals surface area contributed by atoms with Crippen LogP contribution in [0.15, 0.2) is 28.9 Å². The number of fused-ring (bicyclic) bond motifs is 1. The largest absolute Gasteiger partial charge is 0.370 e. The van der Waals surface area contributed by atoms with E-state index in [0.29, 0.717) is 0 Å². The number of ketones is 1. The number of anilines is 1. The van der Waals surface area contributed by atoms with Gasteiger partial charge in [-0.1, -0.05) is 15.9 Å². The Kier molecular flexibility index (Phi) is 5.51. The minimum atomic E-state index is 0.216. The van der Waals surface area contributed by atoms with Crippen LogP contribution in [0.2, 0.25) is 0 Å². The van der Waals surface area contributed by atoms with Crippen molar-refractivity contribution in [3.63, 3.8) is 0 Å². The number of carbonyl (C=O) groups is 1. The Morgan fingerprint density at radius 1 is 1.22 bits per heavy atom. The third-order valence-corrected chi connectivity index (χ3v) is 6.42. The van der Waals surface area contributed by atoms with E-state index in [1.54, 1.807) is 0 Å². The summed E-state index contributed by atoms with van der Waals surface area (Å²) in [5.41, 5.74) is 2.91. The highest BCUT2D eigenvalue weighted by Crippen LogP contribution is 2.39. The van der Waals surface area contributed by atoms with Gasteiger partial charge in [0, 0.05) is 35.1 Å². The highest BCUT2D eigenvalue weighted by atomic mass is 79.9. The number of nitrogens with zero attached hydrogens (tertiary/aromatic N) is 3. The molecule has 0 unspecified atom stereocenters. The lowest BCUT2D eigenvalue weighted by atomic mass is 9.92. The third-order valence-electron chi connectivity index (χ3n) is 5.93. The summed E-state index contributed by atoms with van der Waals surface area (Å²) in [4.78, 5) is 22.3. The lowest BCUT2D eigenvalue weighted by Gasteiger charge is -2.35. The minimum Gasteiger partial charge on any atom is -0.370 e. The van der Waals surface area contributed by atoms with Crippen molar-refractivity contribution < 1.29 is 4.79 Å². The van der Waals surface area contributed by atoms with Crippen molar-refractivity contribution >= 4 is 38.3 Å². The van der Waals surface area contributed by atoms with E-state index in [2.05, 4.69) is 50.9 Å². The fourth-order valence-electron chi connectivity index (χ4n) is 4.12. The zero-order valence-corrected chi connectivity index (χ0v) is 17.8. The molecule has 0 radical (unpaired) electrons. The molecule has 5 heteroatoms. The normalized spacial score (nSPS) is 18.4. The standard InChI is InChI=1S/C22H28BrN3O/c1-25(2)10-7-15-8-11-26(12-9-15)21-18-13-17(23)5-6-20(18)24-14-19(21)22(27)16-3-4-16/h5-6,13-16H,3-4,7-12H2,1-2H3. The lowest BCUT2D eigenvalue weighted by molar-refractivity contribution is 0.0968. The van der Waals surface area contributed by atoms with Gasteiger partial charge in [-0.2, -0.15) is 0 Å². The maximum Gasteiger partial charge on any atom is 0.169 e. The number of Topliss-reactive ketones (excluding diaryl/α,β-unsaturated/α-hetero) is 1. The monoisotopic (exact) mass is 429 g/mol.